The highest BCUT2D eigenvalue weighted by Crippen LogP contribution is 2.17. The zero-order chi connectivity index (χ0) is 14.6. The molecule has 0 saturated heterocycles. The van der Waals surface area contributed by atoms with Gasteiger partial charge in [0.1, 0.15) is 0 Å². The lowest BCUT2D eigenvalue weighted by atomic mass is 10.1. The van der Waals surface area contributed by atoms with Crippen molar-refractivity contribution >= 4 is 10.0 Å². The minimum Gasteiger partial charge on any atom is -0.326 e. The predicted octanol–water partition coefficient (Wildman–Crippen LogP) is 2.03. The Kier molecular flexibility index (Phi) is 5.52. The first-order valence-electron chi connectivity index (χ1n) is 6.66. The molecule has 0 fully saturated rings. The first-order valence-corrected chi connectivity index (χ1v) is 8.14. The summed E-state index contributed by atoms with van der Waals surface area (Å²) in [4.78, 5) is 0.289. The van der Waals surface area contributed by atoms with Gasteiger partial charge in [-0.3, -0.25) is 0 Å². The standard InChI is InChI=1S/C14H24N2O2S/c1-5-12-6-7-14(8-13(12)9-15)19(17,18)16-11(4)10(2)3/h6-8,10-11,16H,5,9,15H2,1-4H3. The van der Waals surface area contributed by atoms with Gasteiger partial charge in [0.25, 0.3) is 0 Å². The lowest BCUT2D eigenvalue weighted by Crippen LogP contribution is -2.36. The van der Waals surface area contributed by atoms with Crippen LogP contribution in [-0.4, -0.2) is 14.5 Å². The quantitative estimate of drug-likeness (QED) is 0.839. The first-order chi connectivity index (χ1) is 8.81. The Bertz CT molecular complexity index is 524. The van der Waals surface area contributed by atoms with Gasteiger partial charge in [0.15, 0.2) is 0 Å². The van der Waals surface area contributed by atoms with Gasteiger partial charge < -0.3 is 5.73 Å². The Morgan fingerprint density at radius 1 is 1.21 bits per heavy atom. The fraction of sp³-hybridized carbons (Fsp3) is 0.571. The van der Waals surface area contributed by atoms with E-state index in [1.54, 1.807) is 12.1 Å². The third-order valence-electron chi connectivity index (χ3n) is 3.43. The van der Waals surface area contributed by atoms with Crippen LogP contribution in [0.5, 0.6) is 0 Å². The van der Waals surface area contributed by atoms with E-state index in [2.05, 4.69) is 4.72 Å². The molecule has 0 heterocycles. The van der Waals surface area contributed by atoms with Crippen LogP contribution in [0, 0.1) is 5.92 Å². The van der Waals surface area contributed by atoms with Crippen molar-refractivity contribution in [2.45, 2.75) is 51.6 Å². The van der Waals surface area contributed by atoms with E-state index in [0.29, 0.717) is 6.54 Å². The van der Waals surface area contributed by atoms with Gasteiger partial charge in [-0.15, -0.1) is 0 Å². The molecule has 108 valence electrons. The maximum absolute atomic E-state index is 12.3. The minimum absolute atomic E-state index is 0.0998. The summed E-state index contributed by atoms with van der Waals surface area (Å²) in [5, 5.41) is 0. The summed E-state index contributed by atoms with van der Waals surface area (Å²) < 4.78 is 27.2. The molecule has 1 aromatic rings. The topological polar surface area (TPSA) is 72.2 Å². The smallest absolute Gasteiger partial charge is 0.240 e. The van der Waals surface area contributed by atoms with Gasteiger partial charge in [0, 0.05) is 12.6 Å². The zero-order valence-electron chi connectivity index (χ0n) is 12.1. The summed E-state index contributed by atoms with van der Waals surface area (Å²) in [5.41, 5.74) is 7.66. The van der Waals surface area contributed by atoms with E-state index in [4.69, 9.17) is 5.73 Å². The first kappa shape index (κ1) is 16.1. The number of nitrogens with two attached hydrogens (primary N) is 1. The summed E-state index contributed by atoms with van der Waals surface area (Å²) in [6.07, 6.45) is 0.850. The molecule has 0 aliphatic carbocycles. The van der Waals surface area contributed by atoms with Crippen molar-refractivity contribution in [3.8, 4) is 0 Å². The molecule has 4 nitrogen and oxygen atoms in total. The molecule has 0 spiro atoms. The highest BCUT2D eigenvalue weighted by atomic mass is 32.2. The van der Waals surface area contributed by atoms with Crippen LogP contribution in [-0.2, 0) is 23.0 Å². The molecule has 1 rings (SSSR count). The van der Waals surface area contributed by atoms with Crippen molar-refractivity contribution in [3.63, 3.8) is 0 Å². The number of aryl methyl sites for hydroxylation is 1. The summed E-state index contributed by atoms with van der Waals surface area (Å²) in [5.74, 6) is 0.249. The minimum atomic E-state index is -3.47. The number of nitrogens with one attached hydrogen (secondary N) is 1. The molecular weight excluding hydrogens is 260 g/mol. The molecular formula is C14H24N2O2S. The number of rotatable bonds is 6. The molecule has 1 atom stereocenters. The zero-order valence-corrected chi connectivity index (χ0v) is 12.9. The number of benzene rings is 1. The van der Waals surface area contributed by atoms with Crippen LogP contribution in [0.3, 0.4) is 0 Å². The van der Waals surface area contributed by atoms with Crippen LogP contribution in [0.25, 0.3) is 0 Å². The lowest BCUT2D eigenvalue weighted by Gasteiger charge is -2.18. The predicted molar refractivity (Wildman–Crippen MR) is 78.3 cm³/mol. The molecule has 1 unspecified atom stereocenters. The normalized spacial score (nSPS) is 13.8. The van der Waals surface area contributed by atoms with Gasteiger partial charge in [0.2, 0.25) is 10.0 Å². The van der Waals surface area contributed by atoms with Gasteiger partial charge >= 0.3 is 0 Å². The molecule has 0 aromatic heterocycles. The van der Waals surface area contributed by atoms with Gasteiger partial charge in [-0.05, 0) is 42.5 Å². The second kappa shape index (κ2) is 6.50. The van der Waals surface area contributed by atoms with E-state index in [1.807, 2.05) is 33.8 Å². The number of sulfonamides is 1. The van der Waals surface area contributed by atoms with Crippen molar-refractivity contribution in [2.75, 3.05) is 0 Å². The van der Waals surface area contributed by atoms with E-state index < -0.39 is 10.0 Å². The van der Waals surface area contributed by atoms with E-state index in [1.165, 1.54) is 0 Å². The highest BCUT2D eigenvalue weighted by molar-refractivity contribution is 7.89. The monoisotopic (exact) mass is 284 g/mol. The van der Waals surface area contributed by atoms with Crippen LogP contribution >= 0.6 is 0 Å². The highest BCUT2D eigenvalue weighted by Gasteiger charge is 2.19. The molecule has 0 bridgehead atoms. The fourth-order valence-corrected chi connectivity index (χ4v) is 3.20. The maximum Gasteiger partial charge on any atom is 0.240 e. The van der Waals surface area contributed by atoms with Gasteiger partial charge in [-0.1, -0.05) is 26.8 Å². The summed E-state index contributed by atoms with van der Waals surface area (Å²) >= 11 is 0. The number of hydrogen-bond donors (Lipinski definition) is 2. The summed E-state index contributed by atoms with van der Waals surface area (Å²) in [6.45, 7) is 8.22. The second-order valence-corrected chi connectivity index (χ2v) is 6.86. The summed E-state index contributed by atoms with van der Waals surface area (Å²) in [7, 11) is -3.47. The van der Waals surface area contributed by atoms with Crippen LogP contribution < -0.4 is 10.5 Å². The van der Waals surface area contributed by atoms with Crippen LogP contribution in [0.2, 0.25) is 0 Å². The Morgan fingerprint density at radius 2 is 1.84 bits per heavy atom. The van der Waals surface area contributed by atoms with Crippen molar-refractivity contribution in [1.29, 1.82) is 0 Å². The van der Waals surface area contributed by atoms with E-state index in [-0.39, 0.29) is 16.9 Å². The molecule has 0 radical (unpaired) electrons. The average Bonchev–Trinajstić information content (AvgIpc) is 2.37. The fourth-order valence-electron chi connectivity index (χ4n) is 1.75. The molecule has 19 heavy (non-hydrogen) atoms. The molecule has 1 aromatic carbocycles. The van der Waals surface area contributed by atoms with E-state index in [9.17, 15) is 8.42 Å². The van der Waals surface area contributed by atoms with Crippen molar-refractivity contribution in [2.24, 2.45) is 11.7 Å². The Labute approximate surface area is 116 Å². The Balaban J connectivity index is 3.08. The molecule has 0 aliphatic rings. The van der Waals surface area contributed by atoms with Crippen LogP contribution in [0.1, 0.15) is 38.8 Å². The van der Waals surface area contributed by atoms with Crippen LogP contribution in [0.15, 0.2) is 23.1 Å². The molecule has 0 aliphatic heterocycles. The van der Waals surface area contributed by atoms with Crippen molar-refractivity contribution in [3.05, 3.63) is 29.3 Å². The van der Waals surface area contributed by atoms with Crippen molar-refractivity contribution < 1.29 is 8.42 Å². The molecule has 5 heteroatoms. The van der Waals surface area contributed by atoms with E-state index >= 15 is 0 Å². The number of hydrogen-bond acceptors (Lipinski definition) is 3. The van der Waals surface area contributed by atoms with E-state index in [0.717, 1.165) is 17.5 Å². The van der Waals surface area contributed by atoms with Gasteiger partial charge in [-0.25, -0.2) is 13.1 Å². The Hall–Kier alpha value is -0.910. The molecule has 0 amide bonds. The molecule has 0 saturated carbocycles. The lowest BCUT2D eigenvalue weighted by molar-refractivity contribution is 0.476. The average molecular weight is 284 g/mol. The van der Waals surface area contributed by atoms with Gasteiger partial charge in [-0.2, -0.15) is 0 Å². The van der Waals surface area contributed by atoms with Gasteiger partial charge in [0.05, 0.1) is 4.90 Å². The van der Waals surface area contributed by atoms with Crippen LogP contribution in [0.4, 0.5) is 0 Å². The Morgan fingerprint density at radius 3 is 2.32 bits per heavy atom. The third-order valence-corrected chi connectivity index (χ3v) is 4.99. The maximum atomic E-state index is 12.3. The SMILES string of the molecule is CCc1ccc(S(=O)(=O)NC(C)C(C)C)cc1CN. The largest absolute Gasteiger partial charge is 0.326 e. The third kappa shape index (κ3) is 4.03. The molecule has 3 N–H and O–H groups in total. The summed E-state index contributed by atoms with van der Waals surface area (Å²) in [6, 6.07) is 5.07. The second-order valence-electron chi connectivity index (χ2n) is 5.14. The van der Waals surface area contributed by atoms with Crippen molar-refractivity contribution in [1.82, 2.24) is 4.72 Å².